The highest BCUT2D eigenvalue weighted by Gasteiger charge is 2.31. The smallest absolute Gasteiger partial charge is 0.333 e. The number of nitrogens with zero attached hydrogens (tertiary/aromatic N) is 3. The van der Waals surface area contributed by atoms with Crippen LogP contribution in [-0.4, -0.2) is 46.1 Å². The van der Waals surface area contributed by atoms with Gasteiger partial charge in [0, 0.05) is 41.9 Å². The van der Waals surface area contributed by atoms with Crippen molar-refractivity contribution in [3.63, 3.8) is 0 Å². The van der Waals surface area contributed by atoms with Gasteiger partial charge in [-0.2, -0.15) is 13.9 Å². The number of benzene rings is 2. The molecule has 0 bridgehead atoms. The predicted molar refractivity (Wildman–Crippen MR) is 129 cm³/mol. The van der Waals surface area contributed by atoms with Crippen molar-refractivity contribution in [1.82, 2.24) is 20.0 Å². The fourth-order valence-corrected chi connectivity index (χ4v) is 4.48. The zero-order valence-corrected chi connectivity index (χ0v) is 20.3. The quantitative estimate of drug-likeness (QED) is 0.417. The molecule has 1 unspecified atom stereocenters. The average molecular weight is 517 g/mol. The molecule has 3 aromatic rings. The molecule has 4 rings (SSSR count). The van der Waals surface area contributed by atoms with Gasteiger partial charge in [0.15, 0.2) is 0 Å². The van der Waals surface area contributed by atoms with E-state index in [2.05, 4.69) is 10.4 Å². The number of carbonyl (C=O) groups excluding carboxylic acids is 3. The number of fused-ring (bicyclic) bond motifs is 1. The molecule has 3 amide bonds. The first kappa shape index (κ1) is 25.3. The molecule has 0 saturated carbocycles. The van der Waals surface area contributed by atoms with Gasteiger partial charge < -0.3 is 9.64 Å². The minimum Gasteiger partial charge on any atom is -0.497 e. The van der Waals surface area contributed by atoms with Gasteiger partial charge in [-0.1, -0.05) is 17.7 Å². The largest absolute Gasteiger partial charge is 0.497 e. The number of methoxy groups -OCH3 is 1. The molecule has 0 spiro atoms. The number of imide groups is 1. The molecule has 8 nitrogen and oxygen atoms in total. The number of rotatable bonds is 9. The van der Waals surface area contributed by atoms with Gasteiger partial charge >= 0.3 is 6.55 Å². The SMILES string of the molecule is COc1ccc(-c2nn(C(F)F)cc2-c2ccc3c(c2)CN(C(C)CCC(=O)NC=O)C3=O)c(Cl)c1. The van der Waals surface area contributed by atoms with Crippen LogP contribution in [0.2, 0.25) is 5.02 Å². The first-order valence-electron chi connectivity index (χ1n) is 11.1. The van der Waals surface area contributed by atoms with E-state index in [-0.39, 0.29) is 24.1 Å². The molecule has 1 N–H and O–H groups in total. The maximum atomic E-state index is 13.5. The summed E-state index contributed by atoms with van der Waals surface area (Å²) in [6.07, 6.45) is 2.07. The zero-order valence-electron chi connectivity index (χ0n) is 19.5. The lowest BCUT2D eigenvalue weighted by atomic mass is 9.98. The van der Waals surface area contributed by atoms with Crippen molar-refractivity contribution in [2.75, 3.05) is 7.11 Å². The molecule has 0 aliphatic carbocycles. The first-order valence-corrected chi connectivity index (χ1v) is 11.5. The summed E-state index contributed by atoms with van der Waals surface area (Å²) in [5.41, 5.74) is 3.03. The third-order valence-corrected chi connectivity index (χ3v) is 6.47. The number of hydrogen-bond acceptors (Lipinski definition) is 5. The molecule has 0 saturated heterocycles. The topological polar surface area (TPSA) is 93.5 Å². The molecular weight excluding hydrogens is 494 g/mol. The van der Waals surface area contributed by atoms with Crippen LogP contribution in [0.4, 0.5) is 8.78 Å². The van der Waals surface area contributed by atoms with Crippen molar-refractivity contribution >= 4 is 29.8 Å². The van der Waals surface area contributed by atoms with E-state index in [9.17, 15) is 23.2 Å². The molecule has 1 aromatic heterocycles. The van der Waals surface area contributed by atoms with E-state index in [1.165, 1.54) is 13.3 Å². The number of aromatic nitrogens is 2. The van der Waals surface area contributed by atoms with Crippen LogP contribution in [0, 0.1) is 0 Å². The number of alkyl halides is 2. The van der Waals surface area contributed by atoms with Crippen molar-refractivity contribution in [2.24, 2.45) is 0 Å². The normalized spacial score (nSPS) is 13.6. The number of halogens is 3. The summed E-state index contributed by atoms with van der Waals surface area (Å²) >= 11 is 6.41. The highest BCUT2D eigenvalue weighted by molar-refractivity contribution is 6.33. The summed E-state index contributed by atoms with van der Waals surface area (Å²) in [4.78, 5) is 36.6. The van der Waals surface area contributed by atoms with Crippen molar-refractivity contribution in [3.8, 4) is 28.1 Å². The lowest BCUT2D eigenvalue weighted by molar-refractivity contribution is -0.125. The van der Waals surface area contributed by atoms with Crippen LogP contribution >= 0.6 is 11.6 Å². The number of ether oxygens (including phenoxy) is 1. The van der Waals surface area contributed by atoms with Gasteiger partial charge in [-0.05, 0) is 54.8 Å². The maximum absolute atomic E-state index is 13.5. The van der Waals surface area contributed by atoms with Crippen LogP contribution in [0.5, 0.6) is 5.75 Å². The molecule has 0 radical (unpaired) electrons. The molecular formula is C25H23ClF2N4O4. The Hall–Kier alpha value is -3.79. The van der Waals surface area contributed by atoms with Crippen LogP contribution in [0.25, 0.3) is 22.4 Å². The number of carbonyl (C=O) groups is 3. The third kappa shape index (κ3) is 4.94. The summed E-state index contributed by atoms with van der Waals surface area (Å²) in [5.74, 6) is -0.0712. The molecule has 11 heteroatoms. The van der Waals surface area contributed by atoms with E-state index in [1.807, 2.05) is 6.92 Å². The molecule has 1 aliphatic heterocycles. The van der Waals surface area contributed by atoms with E-state index in [4.69, 9.17) is 16.3 Å². The van der Waals surface area contributed by atoms with Gasteiger partial charge in [0.05, 0.1) is 12.1 Å². The standard InChI is InChI=1S/C25H23ClF2N4O4/c1-14(3-8-22(34)29-13-33)31-11-16-9-15(4-6-18(16)24(31)35)20-12-32(25(27)28)30-23(20)19-7-5-17(36-2)10-21(19)26/h4-7,9-10,12-14,25H,3,8,11H2,1-2H3,(H,29,33,34). The van der Waals surface area contributed by atoms with Crippen molar-refractivity contribution < 1.29 is 27.9 Å². The molecule has 2 aromatic carbocycles. The van der Waals surface area contributed by atoms with Crippen molar-refractivity contribution in [1.29, 1.82) is 0 Å². The molecule has 1 aliphatic rings. The molecule has 2 heterocycles. The highest BCUT2D eigenvalue weighted by atomic mass is 35.5. The van der Waals surface area contributed by atoms with Gasteiger partial charge in [-0.3, -0.25) is 19.7 Å². The van der Waals surface area contributed by atoms with E-state index in [1.54, 1.807) is 41.3 Å². The Balaban J connectivity index is 1.65. The Morgan fingerprint density at radius 1 is 1.22 bits per heavy atom. The molecule has 36 heavy (non-hydrogen) atoms. The predicted octanol–water partition coefficient (Wildman–Crippen LogP) is 4.67. The van der Waals surface area contributed by atoms with Crippen molar-refractivity contribution in [2.45, 2.75) is 38.9 Å². The average Bonchev–Trinajstić information content (AvgIpc) is 3.44. The van der Waals surface area contributed by atoms with E-state index in [0.717, 1.165) is 5.56 Å². The van der Waals surface area contributed by atoms with Crippen LogP contribution in [0.3, 0.4) is 0 Å². The fourth-order valence-electron chi connectivity index (χ4n) is 4.22. The zero-order chi connectivity index (χ0) is 26.0. The fraction of sp³-hybridized carbons (Fsp3) is 0.280. The van der Waals surface area contributed by atoms with Gasteiger partial charge in [0.1, 0.15) is 11.4 Å². The van der Waals surface area contributed by atoms with E-state index < -0.39 is 12.5 Å². The Bertz CT molecular complexity index is 1330. The summed E-state index contributed by atoms with van der Waals surface area (Å²) in [6, 6.07) is 9.80. The van der Waals surface area contributed by atoms with Crippen LogP contribution in [0.15, 0.2) is 42.6 Å². The van der Waals surface area contributed by atoms with Crippen molar-refractivity contribution in [3.05, 3.63) is 58.7 Å². The lowest BCUT2D eigenvalue weighted by Crippen LogP contribution is -2.34. The summed E-state index contributed by atoms with van der Waals surface area (Å²) in [7, 11) is 1.50. The monoisotopic (exact) mass is 516 g/mol. The molecule has 0 fully saturated rings. The van der Waals surface area contributed by atoms with Gasteiger partial charge in [-0.25, -0.2) is 4.68 Å². The lowest BCUT2D eigenvalue weighted by Gasteiger charge is -2.23. The Morgan fingerprint density at radius 2 is 1.97 bits per heavy atom. The Labute approximate surface area is 210 Å². The second-order valence-corrected chi connectivity index (χ2v) is 8.78. The van der Waals surface area contributed by atoms with Gasteiger partial charge in [0.25, 0.3) is 5.91 Å². The summed E-state index contributed by atoms with van der Waals surface area (Å²) in [5, 5.41) is 6.46. The summed E-state index contributed by atoms with van der Waals surface area (Å²) in [6.45, 7) is -0.714. The number of nitrogens with one attached hydrogen (secondary N) is 1. The third-order valence-electron chi connectivity index (χ3n) is 6.15. The second-order valence-electron chi connectivity index (χ2n) is 8.37. The minimum absolute atomic E-state index is 0.101. The number of hydrogen-bond donors (Lipinski definition) is 1. The Morgan fingerprint density at radius 3 is 2.64 bits per heavy atom. The van der Waals surface area contributed by atoms with E-state index in [0.29, 0.717) is 57.1 Å². The Kier molecular flexibility index (Phi) is 7.35. The second kappa shape index (κ2) is 10.4. The first-order chi connectivity index (χ1) is 17.2. The summed E-state index contributed by atoms with van der Waals surface area (Å²) < 4.78 is 32.8. The highest BCUT2D eigenvalue weighted by Crippen LogP contribution is 2.39. The molecule has 188 valence electrons. The molecule has 1 atom stereocenters. The van der Waals surface area contributed by atoms with Crippen LogP contribution in [-0.2, 0) is 16.1 Å². The van der Waals surface area contributed by atoms with E-state index >= 15 is 0 Å². The van der Waals surface area contributed by atoms with Gasteiger partial charge in [0.2, 0.25) is 12.3 Å². The number of amides is 3. The minimum atomic E-state index is -2.85. The van der Waals surface area contributed by atoms with Crippen LogP contribution in [0.1, 0.15) is 42.2 Å². The maximum Gasteiger partial charge on any atom is 0.333 e. The van der Waals surface area contributed by atoms with Gasteiger partial charge in [-0.15, -0.1) is 0 Å². The van der Waals surface area contributed by atoms with Crippen LogP contribution < -0.4 is 10.1 Å².